The third-order valence-electron chi connectivity index (χ3n) is 6.66. The number of aromatic amines is 1. The number of carboxylic acid groups (broad SMARTS) is 1. The second-order valence-electron chi connectivity index (χ2n) is 9.16. The van der Waals surface area contributed by atoms with Crippen LogP contribution in [-0.2, 0) is 14.4 Å². The molecule has 1 saturated heterocycles. The van der Waals surface area contributed by atoms with Crippen LogP contribution in [0.3, 0.4) is 0 Å². The summed E-state index contributed by atoms with van der Waals surface area (Å²) in [6, 6.07) is 12.4. The van der Waals surface area contributed by atoms with E-state index in [4.69, 9.17) is 5.11 Å². The fourth-order valence-electron chi connectivity index (χ4n) is 4.60. The summed E-state index contributed by atoms with van der Waals surface area (Å²) in [7, 11) is 1.45. The number of Topliss-reactive ketones (excluding diaryl/α,β-unsaturated/α-hetero) is 1. The highest BCUT2D eigenvalue weighted by atomic mass is 16.4. The molecular formula is C27H29N5O6. The number of rotatable bonds is 8. The number of amides is 3. The molecule has 0 spiro atoms. The van der Waals surface area contributed by atoms with Gasteiger partial charge in [0.05, 0.1) is 23.2 Å². The molecule has 0 aliphatic carbocycles. The monoisotopic (exact) mass is 519 g/mol. The van der Waals surface area contributed by atoms with Gasteiger partial charge in [0.25, 0.3) is 17.6 Å². The molecule has 2 heterocycles. The van der Waals surface area contributed by atoms with Crippen LogP contribution in [0.1, 0.15) is 34.1 Å². The van der Waals surface area contributed by atoms with E-state index in [0.717, 1.165) is 0 Å². The van der Waals surface area contributed by atoms with Gasteiger partial charge in [0.1, 0.15) is 6.04 Å². The van der Waals surface area contributed by atoms with Crippen LogP contribution in [-0.4, -0.2) is 88.1 Å². The number of anilines is 1. The Morgan fingerprint density at radius 3 is 2.45 bits per heavy atom. The predicted octanol–water partition coefficient (Wildman–Crippen LogP) is 1.72. The van der Waals surface area contributed by atoms with Gasteiger partial charge in [-0.3, -0.25) is 24.0 Å². The van der Waals surface area contributed by atoms with Crippen molar-refractivity contribution in [1.82, 2.24) is 20.1 Å². The van der Waals surface area contributed by atoms with E-state index in [1.807, 2.05) is 6.07 Å². The molecule has 1 aliphatic rings. The van der Waals surface area contributed by atoms with Crippen LogP contribution >= 0.6 is 0 Å². The highest BCUT2D eigenvalue weighted by Gasteiger charge is 2.34. The number of hydrogen-bond donors (Lipinski definition) is 4. The summed E-state index contributed by atoms with van der Waals surface area (Å²) in [5, 5.41) is 14.8. The van der Waals surface area contributed by atoms with Crippen molar-refractivity contribution >= 4 is 46.1 Å². The van der Waals surface area contributed by atoms with Crippen molar-refractivity contribution in [2.45, 2.75) is 25.4 Å². The number of nitrogens with one attached hydrogen (secondary N) is 3. The van der Waals surface area contributed by atoms with Gasteiger partial charge in [0, 0.05) is 42.8 Å². The van der Waals surface area contributed by atoms with Gasteiger partial charge < -0.3 is 30.5 Å². The number of ketones is 1. The number of carbonyl (C=O) groups is 5. The van der Waals surface area contributed by atoms with Crippen molar-refractivity contribution in [2.24, 2.45) is 0 Å². The van der Waals surface area contributed by atoms with Gasteiger partial charge in [-0.05, 0) is 32.2 Å². The lowest BCUT2D eigenvalue weighted by atomic mass is 10.1. The van der Waals surface area contributed by atoms with Crippen LogP contribution in [0.15, 0.2) is 54.7 Å². The molecule has 1 fully saturated rings. The standard InChI is InChI=1S/C27H29N5O6/c1-16-15-31(25(35)17-7-4-3-5-8-17)11-12-32(16)26(36)24(34)19-14-29-23-18(19)9-6-10-20(23)30-22(33)13-21(28-2)27(37)38/h3-10,14,16,21,28-29H,11-13,15H2,1-2H3,(H,30,33)(H,37,38)/t16-,21?/m1/s1. The van der Waals surface area contributed by atoms with Gasteiger partial charge in [-0.1, -0.05) is 30.3 Å². The van der Waals surface area contributed by atoms with E-state index in [1.54, 1.807) is 54.3 Å². The Hall–Kier alpha value is -4.51. The van der Waals surface area contributed by atoms with Gasteiger partial charge in [0.2, 0.25) is 5.91 Å². The van der Waals surface area contributed by atoms with Gasteiger partial charge in [-0.2, -0.15) is 0 Å². The number of fused-ring (bicyclic) bond motifs is 1. The molecule has 1 aromatic heterocycles. The summed E-state index contributed by atoms with van der Waals surface area (Å²) in [6.07, 6.45) is 1.14. The van der Waals surface area contributed by atoms with Crippen LogP contribution < -0.4 is 10.6 Å². The molecule has 1 unspecified atom stereocenters. The molecule has 11 heteroatoms. The van der Waals surface area contributed by atoms with Gasteiger partial charge in [0.15, 0.2) is 0 Å². The van der Waals surface area contributed by atoms with Crippen molar-refractivity contribution in [3.8, 4) is 0 Å². The van der Waals surface area contributed by atoms with Gasteiger partial charge >= 0.3 is 5.97 Å². The number of nitrogens with zero attached hydrogens (tertiary/aromatic N) is 2. The first-order valence-corrected chi connectivity index (χ1v) is 12.2. The van der Waals surface area contributed by atoms with E-state index in [-0.39, 0.29) is 30.5 Å². The molecule has 38 heavy (non-hydrogen) atoms. The predicted molar refractivity (Wildman–Crippen MR) is 140 cm³/mol. The van der Waals surface area contributed by atoms with E-state index in [1.165, 1.54) is 18.1 Å². The Kier molecular flexibility index (Phi) is 7.87. The number of H-pyrrole nitrogens is 1. The van der Waals surface area contributed by atoms with Crippen molar-refractivity contribution in [3.05, 3.63) is 65.9 Å². The number of aliphatic carboxylic acids is 1. The van der Waals surface area contributed by atoms with E-state index >= 15 is 0 Å². The minimum atomic E-state index is -1.15. The second-order valence-corrected chi connectivity index (χ2v) is 9.16. The quantitative estimate of drug-likeness (QED) is 0.261. The lowest BCUT2D eigenvalue weighted by molar-refractivity contribution is -0.140. The smallest absolute Gasteiger partial charge is 0.321 e. The van der Waals surface area contributed by atoms with Crippen LogP contribution in [0.5, 0.6) is 0 Å². The molecule has 3 aromatic rings. The maximum absolute atomic E-state index is 13.2. The fraction of sp³-hybridized carbons (Fsp3) is 0.296. The number of benzene rings is 2. The fourth-order valence-corrected chi connectivity index (χ4v) is 4.60. The highest BCUT2D eigenvalue weighted by molar-refractivity contribution is 6.45. The topological polar surface area (TPSA) is 152 Å². The molecule has 2 atom stereocenters. The molecule has 4 N–H and O–H groups in total. The number of carboxylic acids is 1. The van der Waals surface area contributed by atoms with E-state index in [0.29, 0.717) is 35.2 Å². The summed E-state index contributed by atoms with van der Waals surface area (Å²) in [5.41, 5.74) is 1.54. The molecule has 0 radical (unpaired) electrons. The first-order chi connectivity index (χ1) is 18.2. The first kappa shape index (κ1) is 26.6. The lowest BCUT2D eigenvalue weighted by Gasteiger charge is -2.39. The zero-order chi connectivity index (χ0) is 27.4. The van der Waals surface area contributed by atoms with Crippen LogP contribution in [0.2, 0.25) is 0 Å². The molecule has 1 aliphatic heterocycles. The third-order valence-corrected chi connectivity index (χ3v) is 6.66. The molecule has 3 amide bonds. The number of piperazine rings is 1. The molecule has 0 bridgehead atoms. The zero-order valence-corrected chi connectivity index (χ0v) is 21.1. The number of carbonyl (C=O) groups excluding carboxylic acids is 4. The Labute approximate surface area is 218 Å². The summed E-state index contributed by atoms with van der Waals surface area (Å²) in [5.74, 6) is -3.15. The Morgan fingerprint density at radius 2 is 1.79 bits per heavy atom. The normalized spacial score (nSPS) is 16.2. The maximum atomic E-state index is 13.2. The summed E-state index contributed by atoms with van der Waals surface area (Å²) in [4.78, 5) is 69.0. The van der Waals surface area contributed by atoms with Gasteiger partial charge in [-0.25, -0.2) is 0 Å². The lowest BCUT2D eigenvalue weighted by Crippen LogP contribution is -2.56. The number of aromatic nitrogens is 1. The minimum absolute atomic E-state index is 0.119. The van der Waals surface area contributed by atoms with Gasteiger partial charge in [-0.15, -0.1) is 0 Å². The zero-order valence-electron chi connectivity index (χ0n) is 21.1. The second kappa shape index (κ2) is 11.3. The Morgan fingerprint density at radius 1 is 1.05 bits per heavy atom. The Bertz CT molecular complexity index is 1390. The summed E-state index contributed by atoms with van der Waals surface area (Å²) >= 11 is 0. The molecule has 2 aromatic carbocycles. The molecule has 4 rings (SSSR count). The van der Waals surface area contributed by atoms with Crippen molar-refractivity contribution in [1.29, 1.82) is 0 Å². The summed E-state index contributed by atoms with van der Waals surface area (Å²) in [6.45, 7) is 2.64. The number of para-hydroxylation sites is 1. The largest absolute Gasteiger partial charge is 0.480 e. The molecule has 198 valence electrons. The van der Waals surface area contributed by atoms with Crippen LogP contribution in [0.25, 0.3) is 10.9 Å². The molecule has 11 nitrogen and oxygen atoms in total. The van der Waals surface area contributed by atoms with E-state index < -0.39 is 29.6 Å². The maximum Gasteiger partial charge on any atom is 0.321 e. The van der Waals surface area contributed by atoms with Crippen LogP contribution in [0.4, 0.5) is 5.69 Å². The number of likely N-dealkylation sites (N-methyl/N-ethyl adjacent to an activating group) is 1. The van der Waals surface area contributed by atoms with Crippen LogP contribution in [0, 0.1) is 0 Å². The molecule has 0 saturated carbocycles. The van der Waals surface area contributed by atoms with Crippen molar-refractivity contribution in [3.63, 3.8) is 0 Å². The third kappa shape index (κ3) is 5.42. The minimum Gasteiger partial charge on any atom is -0.480 e. The average Bonchev–Trinajstić information content (AvgIpc) is 3.36. The number of hydrogen-bond acceptors (Lipinski definition) is 6. The van der Waals surface area contributed by atoms with Crippen molar-refractivity contribution in [2.75, 3.05) is 32.0 Å². The van der Waals surface area contributed by atoms with E-state index in [2.05, 4.69) is 15.6 Å². The average molecular weight is 520 g/mol. The van der Waals surface area contributed by atoms with Crippen molar-refractivity contribution < 1.29 is 29.1 Å². The molecular weight excluding hydrogens is 490 g/mol. The first-order valence-electron chi connectivity index (χ1n) is 12.2. The highest BCUT2D eigenvalue weighted by Crippen LogP contribution is 2.27. The summed E-state index contributed by atoms with van der Waals surface area (Å²) < 4.78 is 0. The SMILES string of the molecule is CNC(CC(=O)Nc1cccc2c(C(=O)C(=O)N3CCN(C(=O)c4ccccc4)C[C@H]3C)c[nH]c12)C(=O)O. The van der Waals surface area contributed by atoms with E-state index in [9.17, 15) is 24.0 Å². The Balaban J connectivity index is 1.46.